The molecule has 3 aromatic rings. The SMILES string of the molecule is O=C(O)C1CCCN(CCCn2c(=O)c3ccccc3c(=O)c3ccccc32)C1. The minimum absolute atomic E-state index is 0.132. The van der Waals surface area contributed by atoms with Crippen LogP contribution in [0.4, 0.5) is 0 Å². The maximum absolute atomic E-state index is 13.3. The van der Waals surface area contributed by atoms with Crippen molar-refractivity contribution in [2.45, 2.75) is 25.8 Å². The highest BCUT2D eigenvalue weighted by molar-refractivity contribution is 5.90. The van der Waals surface area contributed by atoms with E-state index in [4.69, 9.17) is 0 Å². The molecule has 1 aliphatic rings. The first-order chi connectivity index (χ1) is 14.1. The first-order valence-electron chi connectivity index (χ1n) is 10.1. The molecular formula is C23H24N2O4. The summed E-state index contributed by atoms with van der Waals surface area (Å²) >= 11 is 0. The fourth-order valence-corrected chi connectivity index (χ4v) is 4.30. The summed E-state index contributed by atoms with van der Waals surface area (Å²) in [5.74, 6) is -1.05. The van der Waals surface area contributed by atoms with Gasteiger partial charge in [0.1, 0.15) is 0 Å². The van der Waals surface area contributed by atoms with E-state index in [1.54, 1.807) is 34.9 Å². The zero-order chi connectivity index (χ0) is 20.4. The molecule has 0 amide bonds. The van der Waals surface area contributed by atoms with Crippen molar-refractivity contribution in [2.75, 3.05) is 19.6 Å². The van der Waals surface area contributed by atoms with Crippen LogP contribution in [-0.2, 0) is 11.3 Å². The topological polar surface area (TPSA) is 79.6 Å². The maximum atomic E-state index is 13.3. The summed E-state index contributed by atoms with van der Waals surface area (Å²) in [7, 11) is 0. The molecule has 2 aromatic carbocycles. The van der Waals surface area contributed by atoms with Gasteiger partial charge in [0.2, 0.25) is 0 Å². The van der Waals surface area contributed by atoms with Gasteiger partial charge in [0.25, 0.3) is 5.56 Å². The molecule has 1 aromatic heterocycles. The molecule has 6 heteroatoms. The second kappa shape index (κ2) is 8.17. The number of para-hydroxylation sites is 1. The van der Waals surface area contributed by atoms with Gasteiger partial charge in [-0.3, -0.25) is 14.4 Å². The zero-order valence-corrected chi connectivity index (χ0v) is 16.2. The highest BCUT2D eigenvalue weighted by Crippen LogP contribution is 2.17. The van der Waals surface area contributed by atoms with E-state index in [9.17, 15) is 19.5 Å². The van der Waals surface area contributed by atoms with Crippen LogP contribution in [0.1, 0.15) is 19.3 Å². The second-order valence-corrected chi connectivity index (χ2v) is 7.68. The number of nitrogens with zero attached hydrogens (tertiary/aromatic N) is 2. The van der Waals surface area contributed by atoms with Gasteiger partial charge in [0, 0.05) is 23.9 Å². The minimum atomic E-state index is -0.735. The molecule has 29 heavy (non-hydrogen) atoms. The van der Waals surface area contributed by atoms with Crippen LogP contribution in [0.5, 0.6) is 0 Å². The Morgan fingerprint density at radius 2 is 1.66 bits per heavy atom. The molecule has 6 nitrogen and oxygen atoms in total. The highest BCUT2D eigenvalue weighted by atomic mass is 16.4. The Labute approximate surface area is 168 Å². The van der Waals surface area contributed by atoms with E-state index < -0.39 is 5.97 Å². The van der Waals surface area contributed by atoms with Crippen LogP contribution in [-0.4, -0.2) is 40.2 Å². The number of aromatic nitrogens is 1. The van der Waals surface area contributed by atoms with Crippen LogP contribution in [0.25, 0.3) is 21.7 Å². The first-order valence-corrected chi connectivity index (χ1v) is 10.1. The van der Waals surface area contributed by atoms with Gasteiger partial charge in [0.15, 0.2) is 5.43 Å². The van der Waals surface area contributed by atoms with Gasteiger partial charge in [-0.1, -0.05) is 30.3 Å². The van der Waals surface area contributed by atoms with Crippen molar-refractivity contribution >= 4 is 27.6 Å². The number of piperidine rings is 1. The summed E-state index contributed by atoms with van der Waals surface area (Å²) in [6.07, 6.45) is 2.32. The third-order valence-electron chi connectivity index (χ3n) is 5.80. The van der Waals surface area contributed by atoms with E-state index in [1.807, 2.05) is 18.2 Å². The van der Waals surface area contributed by atoms with Crippen molar-refractivity contribution in [3.63, 3.8) is 0 Å². The highest BCUT2D eigenvalue weighted by Gasteiger charge is 2.24. The molecule has 1 saturated heterocycles. The monoisotopic (exact) mass is 392 g/mol. The lowest BCUT2D eigenvalue weighted by atomic mass is 9.98. The Kier molecular flexibility index (Phi) is 5.45. The summed E-state index contributed by atoms with van der Waals surface area (Å²) in [6, 6.07) is 14.2. The zero-order valence-electron chi connectivity index (χ0n) is 16.2. The van der Waals surface area contributed by atoms with Crippen LogP contribution in [0.15, 0.2) is 58.1 Å². The van der Waals surface area contributed by atoms with Gasteiger partial charge >= 0.3 is 5.97 Å². The number of hydrogen-bond acceptors (Lipinski definition) is 4. The molecule has 1 unspecified atom stereocenters. The van der Waals surface area contributed by atoms with Crippen LogP contribution >= 0.6 is 0 Å². The first kappa shape index (κ1) is 19.3. The van der Waals surface area contributed by atoms with E-state index >= 15 is 0 Å². The summed E-state index contributed by atoms with van der Waals surface area (Å²) in [5, 5.41) is 10.7. The number of rotatable bonds is 5. The fraction of sp³-hybridized carbons (Fsp3) is 0.348. The standard InChI is InChI=1S/C23H24N2O4/c26-21-17-8-1-2-9-18(17)22(27)25(20-11-4-3-10-19(20)21)14-6-13-24-12-5-7-16(15-24)23(28)29/h1-4,8-11,16H,5-7,12-15H2,(H,28,29). The average molecular weight is 392 g/mol. The summed E-state index contributed by atoms with van der Waals surface area (Å²) in [4.78, 5) is 39.7. The van der Waals surface area contributed by atoms with Crippen LogP contribution in [0.3, 0.4) is 0 Å². The van der Waals surface area contributed by atoms with E-state index in [1.165, 1.54) is 0 Å². The quantitative estimate of drug-likeness (QED) is 0.722. The van der Waals surface area contributed by atoms with Gasteiger partial charge in [-0.25, -0.2) is 0 Å². The molecule has 2 heterocycles. The Morgan fingerprint density at radius 3 is 2.41 bits per heavy atom. The van der Waals surface area contributed by atoms with Crippen molar-refractivity contribution in [1.29, 1.82) is 0 Å². The van der Waals surface area contributed by atoms with Crippen LogP contribution in [0, 0.1) is 5.92 Å². The van der Waals surface area contributed by atoms with E-state index in [2.05, 4.69) is 4.90 Å². The van der Waals surface area contributed by atoms with Crippen molar-refractivity contribution in [3.05, 3.63) is 69.1 Å². The van der Waals surface area contributed by atoms with Gasteiger partial charge in [-0.15, -0.1) is 0 Å². The van der Waals surface area contributed by atoms with E-state index in [-0.39, 0.29) is 16.9 Å². The second-order valence-electron chi connectivity index (χ2n) is 7.68. The molecule has 0 spiro atoms. The molecule has 0 saturated carbocycles. The van der Waals surface area contributed by atoms with Gasteiger partial charge in [0.05, 0.1) is 16.8 Å². The maximum Gasteiger partial charge on any atom is 0.307 e. The number of likely N-dealkylation sites (tertiary alicyclic amines) is 1. The number of fused-ring (bicyclic) bond motifs is 2. The van der Waals surface area contributed by atoms with Crippen molar-refractivity contribution in [2.24, 2.45) is 5.92 Å². The molecule has 1 atom stereocenters. The lowest BCUT2D eigenvalue weighted by Gasteiger charge is -2.30. The smallest absolute Gasteiger partial charge is 0.307 e. The number of benzene rings is 2. The molecule has 1 fully saturated rings. The number of carboxylic acids is 1. The summed E-state index contributed by atoms with van der Waals surface area (Å²) in [5.41, 5.74) is 0.342. The van der Waals surface area contributed by atoms with Gasteiger partial charge < -0.3 is 14.6 Å². The molecule has 1 aliphatic heterocycles. The lowest BCUT2D eigenvalue weighted by molar-refractivity contribution is -0.143. The van der Waals surface area contributed by atoms with Crippen LogP contribution < -0.4 is 11.0 Å². The number of carboxylic acid groups (broad SMARTS) is 1. The van der Waals surface area contributed by atoms with E-state index in [0.29, 0.717) is 41.2 Å². The molecule has 1 N–H and O–H groups in total. The lowest BCUT2D eigenvalue weighted by Crippen LogP contribution is -2.39. The van der Waals surface area contributed by atoms with Crippen molar-refractivity contribution in [1.82, 2.24) is 9.47 Å². The van der Waals surface area contributed by atoms with Crippen LogP contribution in [0.2, 0.25) is 0 Å². The Balaban J connectivity index is 1.67. The molecular weight excluding hydrogens is 368 g/mol. The Hall–Kier alpha value is -2.99. The third-order valence-corrected chi connectivity index (χ3v) is 5.80. The number of aliphatic carboxylic acids is 1. The van der Waals surface area contributed by atoms with Crippen molar-refractivity contribution < 1.29 is 9.90 Å². The molecule has 0 bridgehead atoms. The Bertz CT molecular complexity index is 1180. The summed E-state index contributed by atoms with van der Waals surface area (Å²) < 4.78 is 1.69. The average Bonchev–Trinajstić information content (AvgIpc) is 2.84. The van der Waals surface area contributed by atoms with Crippen molar-refractivity contribution in [3.8, 4) is 0 Å². The summed E-state index contributed by atoms with van der Waals surface area (Å²) in [6.45, 7) is 2.65. The number of carbonyl (C=O) groups is 1. The molecule has 4 rings (SSSR count). The predicted octanol–water partition coefficient (Wildman–Crippen LogP) is 2.70. The third kappa shape index (κ3) is 3.80. The number of hydrogen-bond donors (Lipinski definition) is 1. The van der Waals surface area contributed by atoms with E-state index in [0.717, 1.165) is 25.9 Å². The van der Waals surface area contributed by atoms with Gasteiger partial charge in [-0.2, -0.15) is 0 Å². The normalized spacial score (nSPS) is 17.6. The minimum Gasteiger partial charge on any atom is -0.481 e. The molecule has 0 aliphatic carbocycles. The Morgan fingerprint density at radius 1 is 0.966 bits per heavy atom. The number of aryl methyl sites for hydroxylation is 1. The van der Waals surface area contributed by atoms with Gasteiger partial charge in [-0.05, 0) is 50.6 Å². The molecule has 150 valence electrons. The fourth-order valence-electron chi connectivity index (χ4n) is 4.30. The predicted molar refractivity (Wildman–Crippen MR) is 113 cm³/mol. The largest absolute Gasteiger partial charge is 0.481 e. The molecule has 0 radical (unpaired) electrons.